The van der Waals surface area contributed by atoms with Gasteiger partial charge in [-0.05, 0) is 30.2 Å². The molecule has 1 aromatic rings. The first kappa shape index (κ1) is 11.7. The van der Waals surface area contributed by atoms with Crippen molar-refractivity contribution in [2.75, 3.05) is 6.54 Å². The van der Waals surface area contributed by atoms with Crippen LogP contribution in [0.1, 0.15) is 32.1 Å². The zero-order chi connectivity index (χ0) is 10.4. The van der Waals surface area contributed by atoms with Gasteiger partial charge in [-0.3, -0.25) is 0 Å². The monoisotopic (exact) mass is 211 g/mol. The van der Waals surface area contributed by atoms with Crippen molar-refractivity contribution >= 4 is 11.3 Å². The van der Waals surface area contributed by atoms with E-state index in [1.807, 2.05) is 11.3 Å². The van der Waals surface area contributed by atoms with Crippen molar-refractivity contribution in [3.05, 3.63) is 22.4 Å². The summed E-state index contributed by atoms with van der Waals surface area (Å²) in [6.45, 7) is 7.93. The Morgan fingerprint density at radius 1 is 1.43 bits per heavy atom. The van der Waals surface area contributed by atoms with Crippen molar-refractivity contribution in [2.24, 2.45) is 5.92 Å². The topological polar surface area (TPSA) is 12.0 Å². The third-order valence-corrected chi connectivity index (χ3v) is 3.54. The number of hydrogen-bond donors (Lipinski definition) is 1. The SMILES string of the molecule is CC[C@@H](NCCc1cccs1)C(C)C. The van der Waals surface area contributed by atoms with Gasteiger partial charge in [-0.2, -0.15) is 0 Å². The third kappa shape index (κ3) is 3.81. The van der Waals surface area contributed by atoms with E-state index in [0.717, 1.165) is 12.5 Å². The van der Waals surface area contributed by atoms with Gasteiger partial charge in [-0.25, -0.2) is 0 Å². The molecule has 0 aromatic carbocycles. The van der Waals surface area contributed by atoms with Crippen molar-refractivity contribution in [3.63, 3.8) is 0 Å². The molecule has 0 amide bonds. The van der Waals surface area contributed by atoms with E-state index in [1.54, 1.807) is 0 Å². The van der Waals surface area contributed by atoms with E-state index in [0.29, 0.717) is 6.04 Å². The molecule has 1 atom stereocenters. The fourth-order valence-electron chi connectivity index (χ4n) is 1.69. The molecule has 1 rings (SSSR count). The van der Waals surface area contributed by atoms with Crippen molar-refractivity contribution in [2.45, 2.75) is 39.7 Å². The molecule has 0 bridgehead atoms. The van der Waals surface area contributed by atoms with Crippen molar-refractivity contribution < 1.29 is 0 Å². The zero-order valence-corrected chi connectivity index (χ0v) is 10.2. The molecular formula is C12H21NS. The van der Waals surface area contributed by atoms with Gasteiger partial charge < -0.3 is 5.32 Å². The van der Waals surface area contributed by atoms with E-state index in [1.165, 1.54) is 17.7 Å². The number of thiophene rings is 1. The largest absolute Gasteiger partial charge is 0.313 e. The Morgan fingerprint density at radius 2 is 2.21 bits per heavy atom. The number of hydrogen-bond acceptors (Lipinski definition) is 2. The average Bonchev–Trinajstić information content (AvgIpc) is 2.64. The van der Waals surface area contributed by atoms with Gasteiger partial charge >= 0.3 is 0 Å². The first-order valence-corrected chi connectivity index (χ1v) is 6.37. The highest BCUT2D eigenvalue weighted by Gasteiger charge is 2.09. The molecule has 0 saturated carbocycles. The normalized spacial score (nSPS) is 13.4. The molecule has 0 unspecified atom stereocenters. The van der Waals surface area contributed by atoms with E-state index in [-0.39, 0.29) is 0 Å². The first-order chi connectivity index (χ1) is 6.74. The maximum atomic E-state index is 3.61. The lowest BCUT2D eigenvalue weighted by Gasteiger charge is -2.20. The molecule has 14 heavy (non-hydrogen) atoms. The summed E-state index contributed by atoms with van der Waals surface area (Å²) in [5.41, 5.74) is 0. The van der Waals surface area contributed by atoms with Gasteiger partial charge in [-0.1, -0.05) is 26.8 Å². The second kappa shape index (κ2) is 6.20. The molecule has 0 aliphatic heterocycles. The summed E-state index contributed by atoms with van der Waals surface area (Å²) < 4.78 is 0. The van der Waals surface area contributed by atoms with Crippen LogP contribution in [-0.2, 0) is 6.42 Å². The molecule has 0 fully saturated rings. The lowest BCUT2D eigenvalue weighted by molar-refractivity contribution is 0.392. The van der Waals surface area contributed by atoms with E-state index in [9.17, 15) is 0 Å². The fraction of sp³-hybridized carbons (Fsp3) is 0.667. The molecule has 1 aromatic heterocycles. The van der Waals surface area contributed by atoms with Gasteiger partial charge in [-0.15, -0.1) is 11.3 Å². The summed E-state index contributed by atoms with van der Waals surface area (Å²) in [6, 6.07) is 5.01. The van der Waals surface area contributed by atoms with E-state index >= 15 is 0 Å². The quantitative estimate of drug-likeness (QED) is 0.761. The first-order valence-electron chi connectivity index (χ1n) is 5.49. The van der Waals surface area contributed by atoms with Crippen LogP contribution in [0.15, 0.2) is 17.5 Å². The summed E-state index contributed by atoms with van der Waals surface area (Å²) in [5, 5.41) is 5.76. The van der Waals surface area contributed by atoms with Crippen LogP contribution in [-0.4, -0.2) is 12.6 Å². The molecule has 80 valence electrons. The van der Waals surface area contributed by atoms with Crippen LogP contribution in [0.3, 0.4) is 0 Å². The Labute approximate surface area is 91.5 Å². The van der Waals surface area contributed by atoms with Gasteiger partial charge in [0.15, 0.2) is 0 Å². The van der Waals surface area contributed by atoms with Crippen LogP contribution < -0.4 is 5.32 Å². The van der Waals surface area contributed by atoms with Gasteiger partial charge in [0.05, 0.1) is 0 Å². The number of nitrogens with one attached hydrogen (secondary N) is 1. The minimum atomic E-state index is 0.676. The lowest BCUT2D eigenvalue weighted by Crippen LogP contribution is -2.34. The van der Waals surface area contributed by atoms with Crippen LogP contribution in [0.25, 0.3) is 0 Å². The molecule has 1 N–H and O–H groups in total. The van der Waals surface area contributed by atoms with Crippen LogP contribution in [0.2, 0.25) is 0 Å². The highest BCUT2D eigenvalue weighted by molar-refractivity contribution is 7.09. The Kier molecular flexibility index (Phi) is 5.20. The second-order valence-electron chi connectivity index (χ2n) is 4.04. The molecular weight excluding hydrogens is 190 g/mol. The van der Waals surface area contributed by atoms with Crippen molar-refractivity contribution in [3.8, 4) is 0 Å². The van der Waals surface area contributed by atoms with Crippen LogP contribution in [0, 0.1) is 5.92 Å². The summed E-state index contributed by atoms with van der Waals surface area (Å²) in [5.74, 6) is 0.739. The maximum Gasteiger partial charge on any atom is 0.00875 e. The number of rotatable bonds is 6. The summed E-state index contributed by atoms with van der Waals surface area (Å²) >= 11 is 1.85. The molecule has 1 heterocycles. The van der Waals surface area contributed by atoms with E-state index < -0.39 is 0 Å². The Hall–Kier alpha value is -0.340. The highest BCUT2D eigenvalue weighted by Crippen LogP contribution is 2.09. The third-order valence-electron chi connectivity index (χ3n) is 2.60. The highest BCUT2D eigenvalue weighted by atomic mass is 32.1. The molecule has 0 aliphatic rings. The van der Waals surface area contributed by atoms with Gasteiger partial charge in [0.25, 0.3) is 0 Å². The molecule has 0 spiro atoms. The predicted octanol–water partition coefficient (Wildman–Crippen LogP) is 3.31. The Bertz CT molecular complexity index is 228. The second-order valence-corrected chi connectivity index (χ2v) is 5.07. The standard InChI is InChI=1S/C12H21NS/c1-4-12(10(2)3)13-8-7-11-6-5-9-14-11/h5-6,9-10,12-13H,4,7-8H2,1-3H3/t12-/m1/s1. The van der Waals surface area contributed by atoms with Crippen molar-refractivity contribution in [1.82, 2.24) is 5.32 Å². The minimum Gasteiger partial charge on any atom is -0.313 e. The Balaban J connectivity index is 2.20. The Morgan fingerprint density at radius 3 is 2.71 bits per heavy atom. The van der Waals surface area contributed by atoms with Crippen LogP contribution in [0.4, 0.5) is 0 Å². The van der Waals surface area contributed by atoms with E-state index in [4.69, 9.17) is 0 Å². The van der Waals surface area contributed by atoms with E-state index in [2.05, 4.69) is 43.6 Å². The smallest absolute Gasteiger partial charge is 0.00875 e. The molecule has 0 radical (unpaired) electrons. The average molecular weight is 211 g/mol. The minimum absolute atomic E-state index is 0.676. The van der Waals surface area contributed by atoms with Gasteiger partial charge in [0, 0.05) is 17.5 Å². The van der Waals surface area contributed by atoms with Crippen molar-refractivity contribution in [1.29, 1.82) is 0 Å². The maximum absolute atomic E-state index is 3.61. The molecule has 1 nitrogen and oxygen atoms in total. The molecule has 2 heteroatoms. The predicted molar refractivity (Wildman–Crippen MR) is 64.9 cm³/mol. The van der Waals surface area contributed by atoms with Crippen LogP contribution in [0.5, 0.6) is 0 Å². The summed E-state index contributed by atoms with van der Waals surface area (Å²) in [7, 11) is 0. The summed E-state index contributed by atoms with van der Waals surface area (Å²) in [6.07, 6.45) is 2.39. The molecule has 0 aliphatic carbocycles. The van der Waals surface area contributed by atoms with Gasteiger partial charge in [0.1, 0.15) is 0 Å². The van der Waals surface area contributed by atoms with Gasteiger partial charge in [0.2, 0.25) is 0 Å². The lowest BCUT2D eigenvalue weighted by atomic mass is 10.0. The zero-order valence-electron chi connectivity index (χ0n) is 9.42. The fourth-order valence-corrected chi connectivity index (χ4v) is 2.40. The molecule has 0 saturated heterocycles. The summed E-state index contributed by atoms with van der Waals surface area (Å²) in [4.78, 5) is 1.48. The van der Waals surface area contributed by atoms with Crippen LogP contribution >= 0.6 is 11.3 Å².